The number of hydrogen-bond acceptors (Lipinski definition) is 2. The van der Waals surface area contributed by atoms with E-state index in [0.717, 1.165) is 0 Å². The Morgan fingerprint density at radius 3 is 0.600 bits per heavy atom. The van der Waals surface area contributed by atoms with Crippen LogP contribution in [0.2, 0.25) is 0 Å². The van der Waals surface area contributed by atoms with Crippen molar-refractivity contribution in [1.82, 2.24) is 0 Å². The fourth-order valence-electron chi connectivity index (χ4n) is 0. The molecule has 6 N–H and O–H groups in total. The Morgan fingerprint density at radius 2 is 0.600 bits per heavy atom. The zero-order valence-electron chi connectivity index (χ0n) is 8.84. The van der Waals surface area contributed by atoms with Crippen LogP contribution in [0, 0.1) is 0 Å². The molecule has 0 aliphatic heterocycles. The van der Waals surface area contributed by atoms with Crippen molar-refractivity contribution in [3.63, 3.8) is 0 Å². The summed E-state index contributed by atoms with van der Waals surface area (Å²) >= 11 is 7.21. The Labute approximate surface area is 118 Å². The molecule has 0 aromatic heterocycles. The third-order valence-electron chi connectivity index (χ3n) is 0. The average molecular weight is 410 g/mol. The minimum Gasteiger partial charge on any atom is -0.325 e. The van der Waals surface area contributed by atoms with Crippen molar-refractivity contribution in [3.05, 3.63) is 0 Å². The van der Waals surface area contributed by atoms with Crippen LogP contribution in [0.4, 0.5) is 0 Å². The van der Waals surface area contributed by atoms with Gasteiger partial charge in [0.05, 0.1) is 0 Å². The molecule has 0 unspecified atom stereocenters. The molecule has 3 radical (unpaired) electrons. The van der Waals surface area contributed by atoms with Gasteiger partial charge in [-0.15, -0.1) is 0 Å². The predicted molar refractivity (Wildman–Crippen MR) is 70.3 cm³/mol. The molecule has 97 valence electrons. The molecule has 0 fully saturated rings. The van der Waals surface area contributed by atoms with Crippen molar-refractivity contribution in [3.8, 4) is 0 Å². The van der Waals surface area contributed by atoms with Crippen LogP contribution in [0.3, 0.4) is 0 Å². The molecular formula is C4H18O6P2S2Sb. The van der Waals surface area contributed by atoms with E-state index in [4.69, 9.17) is 29.4 Å². The molecule has 0 atom stereocenters. The van der Waals surface area contributed by atoms with Crippen LogP contribution in [0.5, 0.6) is 0 Å². The summed E-state index contributed by atoms with van der Waals surface area (Å²) in [6.45, 7) is 0.389. The minimum absolute atomic E-state index is 0. The summed E-state index contributed by atoms with van der Waals surface area (Å²) in [7, 11) is 0. The third kappa shape index (κ3) is 867. The van der Waals surface area contributed by atoms with Gasteiger partial charge in [0.1, 0.15) is 0 Å². The van der Waals surface area contributed by atoms with E-state index in [1.165, 1.54) is 0 Å². The maximum absolute atomic E-state index is 7.56. The topological polar surface area (TPSA) is 121 Å². The molecule has 0 saturated heterocycles. The van der Waals surface area contributed by atoms with Gasteiger partial charge in [-0.2, -0.15) is 0 Å². The van der Waals surface area contributed by atoms with Crippen molar-refractivity contribution in [2.45, 2.75) is 27.7 Å². The van der Waals surface area contributed by atoms with Gasteiger partial charge in [0.2, 0.25) is 0 Å². The molecule has 15 heavy (non-hydrogen) atoms. The Hall–Kier alpha value is 1.88. The third-order valence-corrected chi connectivity index (χ3v) is 0. The second kappa shape index (κ2) is 18.2. The monoisotopic (exact) mass is 409 g/mol. The maximum Gasteiger partial charge on any atom is 0.319 e. The molecular weight excluding hydrogens is 392 g/mol. The van der Waals surface area contributed by atoms with Gasteiger partial charge < -0.3 is 29.4 Å². The minimum atomic E-state index is -3.81. The maximum atomic E-state index is 7.56. The fraction of sp³-hybridized carbons (Fsp3) is 1.00. The van der Waals surface area contributed by atoms with Crippen molar-refractivity contribution >= 4 is 61.5 Å². The molecule has 0 aliphatic rings. The first-order chi connectivity index (χ1) is 6.00. The van der Waals surface area contributed by atoms with Crippen LogP contribution in [-0.4, -0.2) is 53.8 Å². The smallest absolute Gasteiger partial charge is 0.319 e. The van der Waals surface area contributed by atoms with Crippen LogP contribution in [0.15, 0.2) is 0 Å². The number of hydrogen-bond donors (Lipinski definition) is 6. The van der Waals surface area contributed by atoms with Crippen LogP contribution >= 0.6 is 13.4 Å². The summed E-state index contributed by atoms with van der Waals surface area (Å²) in [6.07, 6.45) is 0. The van der Waals surface area contributed by atoms with E-state index >= 15 is 0 Å². The van der Waals surface area contributed by atoms with Gasteiger partial charge in [0.25, 0.3) is 0 Å². The standard InChI is InChI=1S/2C2H6.2H3O3PS.Sb/c2*1-2;2*1-4(2,3)5;/h2*1-2H3;2*(H3,1,2,3,5);. The van der Waals surface area contributed by atoms with E-state index in [1.54, 1.807) is 0 Å². The molecule has 0 heterocycles. The molecule has 0 aliphatic carbocycles. The molecule has 11 heteroatoms. The number of rotatable bonds is 0. The van der Waals surface area contributed by atoms with E-state index in [2.05, 4.69) is 23.6 Å². The molecule has 0 spiro atoms. The molecule has 0 rings (SSSR count). The Bertz CT molecular complexity index is 143. The quantitative estimate of drug-likeness (QED) is 0.245. The van der Waals surface area contributed by atoms with Crippen LogP contribution in [-0.2, 0) is 23.6 Å². The normalized spacial score (nSPS) is 8.67. The molecule has 0 bridgehead atoms. The molecule has 0 aromatic rings. The van der Waals surface area contributed by atoms with E-state index < -0.39 is 13.4 Å². The Morgan fingerprint density at radius 1 is 0.600 bits per heavy atom. The molecule has 0 saturated carbocycles. The zero-order chi connectivity index (χ0) is 13.0. The largest absolute Gasteiger partial charge is 0.325 e. The second-order valence-electron chi connectivity index (χ2n) is 1.03. The Kier molecular flexibility index (Phi) is 36.7. The van der Waals surface area contributed by atoms with E-state index in [1.807, 2.05) is 27.7 Å². The van der Waals surface area contributed by atoms with Crippen molar-refractivity contribution < 1.29 is 29.4 Å². The van der Waals surface area contributed by atoms with E-state index in [9.17, 15) is 0 Å². The van der Waals surface area contributed by atoms with Crippen molar-refractivity contribution in [2.75, 3.05) is 0 Å². The average Bonchev–Trinajstić information content (AvgIpc) is 1.88. The predicted octanol–water partition coefficient (Wildman–Crippen LogP) is 0.0472. The fourth-order valence-corrected chi connectivity index (χ4v) is 0. The first-order valence-electron chi connectivity index (χ1n) is 3.57. The van der Waals surface area contributed by atoms with Gasteiger partial charge in [-0.1, -0.05) is 27.7 Å². The van der Waals surface area contributed by atoms with Gasteiger partial charge >= 0.3 is 13.4 Å². The summed E-state index contributed by atoms with van der Waals surface area (Å²) in [5.41, 5.74) is 0. The summed E-state index contributed by atoms with van der Waals surface area (Å²) in [5.74, 6) is 0. The van der Waals surface area contributed by atoms with Crippen LogP contribution in [0.1, 0.15) is 27.7 Å². The van der Waals surface area contributed by atoms with Crippen molar-refractivity contribution in [1.29, 1.82) is 0 Å². The van der Waals surface area contributed by atoms with Gasteiger partial charge in [-0.05, 0) is 23.6 Å². The van der Waals surface area contributed by atoms with E-state index in [-0.39, 0.29) is 24.4 Å². The first kappa shape index (κ1) is 30.2. The van der Waals surface area contributed by atoms with Gasteiger partial charge in [0.15, 0.2) is 0 Å². The van der Waals surface area contributed by atoms with Gasteiger partial charge in [-0.25, -0.2) is 0 Å². The molecule has 6 nitrogen and oxygen atoms in total. The molecule has 0 aromatic carbocycles. The van der Waals surface area contributed by atoms with Crippen molar-refractivity contribution in [2.24, 2.45) is 0 Å². The summed E-state index contributed by atoms with van der Waals surface area (Å²) in [5, 5.41) is 0. The first-order valence-corrected chi connectivity index (χ1v) is 8.89. The molecule has 0 amide bonds. The van der Waals surface area contributed by atoms with Gasteiger partial charge in [0, 0.05) is 24.4 Å². The SMILES string of the molecule is CC.CC.OP(O)(O)=S.OP(O)(O)=S.[Sb]. The van der Waals surface area contributed by atoms with Crippen LogP contribution < -0.4 is 0 Å². The van der Waals surface area contributed by atoms with Gasteiger partial charge in [-0.3, -0.25) is 0 Å². The van der Waals surface area contributed by atoms with E-state index in [0.29, 0.717) is 0 Å². The summed E-state index contributed by atoms with van der Waals surface area (Å²) in [4.78, 5) is 45.3. The van der Waals surface area contributed by atoms with Crippen LogP contribution in [0.25, 0.3) is 0 Å². The second-order valence-corrected chi connectivity index (χ2v) is 6.02. The Balaban J connectivity index is -0.0000000318. The summed E-state index contributed by atoms with van der Waals surface area (Å²) in [6, 6.07) is 0. The summed E-state index contributed by atoms with van der Waals surface area (Å²) < 4.78 is 0. The zero-order valence-corrected chi connectivity index (χ0v) is 14.8.